The molecule has 0 radical (unpaired) electrons. The molecule has 35 heavy (non-hydrogen) atoms. The molecule has 0 saturated heterocycles. The molecule has 1 aromatic heterocycles. The Morgan fingerprint density at radius 3 is 2.40 bits per heavy atom. The highest BCUT2D eigenvalue weighted by atomic mass is 19.1. The number of para-hydroxylation sites is 1. The third kappa shape index (κ3) is 4.73. The number of nitrogens with zero attached hydrogens (tertiary/aromatic N) is 2. The number of imidazole rings is 1. The van der Waals surface area contributed by atoms with Crippen molar-refractivity contribution in [3.63, 3.8) is 0 Å². The number of halogens is 2. The van der Waals surface area contributed by atoms with Crippen molar-refractivity contribution in [1.82, 2.24) is 9.55 Å². The van der Waals surface area contributed by atoms with Crippen molar-refractivity contribution in [3.05, 3.63) is 132 Å². The van der Waals surface area contributed by atoms with Gasteiger partial charge in [-0.25, -0.2) is 18.6 Å². The molecular formula is C29H20F2N2O2. The zero-order valence-electron chi connectivity index (χ0n) is 18.6. The molecule has 0 saturated carbocycles. The highest BCUT2D eigenvalue weighted by molar-refractivity contribution is 6.22. The van der Waals surface area contributed by atoms with Crippen molar-refractivity contribution in [2.45, 2.75) is 6.54 Å². The van der Waals surface area contributed by atoms with Gasteiger partial charge in [0.2, 0.25) is 0 Å². The number of benzene rings is 4. The average Bonchev–Trinajstić information content (AvgIpc) is 3.31. The number of aromatic nitrogens is 2. The molecule has 0 atom stereocenters. The second-order valence-corrected chi connectivity index (χ2v) is 7.91. The van der Waals surface area contributed by atoms with Crippen LogP contribution in [0.5, 0.6) is 5.75 Å². The first-order valence-corrected chi connectivity index (χ1v) is 11.0. The highest BCUT2D eigenvalue weighted by Crippen LogP contribution is 2.26. The van der Waals surface area contributed by atoms with Gasteiger partial charge in [-0.1, -0.05) is 72.8 Å². The molecule has 0 spiro atoms. The van der Waals surface area contributed by atoms with Crippen molar-refractivity contribution in [1.29, 1.82) is 0 Å². The van der Waals surface area contributed by atoms with E-state index in [0.29, 0.717) is 12.4 Å². The maximum atomic E-state index is 14.7. The molecule has 172 valence electrons. The minimum atomic E-state index is -0.889. The Hall–Kier alpha value is -4.58. The fourth-order valence-electron chi connectivity index (χ4n) is 3.95. The normalized spacial score (nSPS) is 11.5. The minimum absolute atomic E-state index is 0.0357. The summed E-state index contributed by atoms with van der Waals surface area (Å²) in [6, 6.07) is 25.6. The maximum absolute atomic E-state index is 14.7. The van der Waals surface area contributed by atoms with E-state index in [9.17, 15) is 13.6 Å². The zero-order valence-corrected chi connectivity index (χ0v) is 18.6. The first kappa shape index (κ1) is 22.2. The van der Waals surface area contributed by atoms with Gasteiger partial charge < -0.3 is 9.30 Å². The molecule has 5 rings (SSSR count). The molecular weight excluding hydrogens is 446 g/mol. The van der Waals surface area contributed by atoms with Crippen LogP contribution in [0.3, 0.4) is 0 Å². The second kappa shape index (κ2) is 9.73. The van der Waals surface area contributed by atoms with Crippen molar-refractivity contribution < 1.29 is 18.3 Å². The summed E-state index contributed by atoms with van der Waals surface area (Å²) in [5, 5.41) is 2.22. The van der Waals surface area contributed by atoms with Gasteiger partial charge in [0, 0.05) is 24.5 Å². The van der Waals surface area contributed by atoms with E-state index in [0.717, 1.165) is 16.3 Å². The molecule has 1 heterocycles. The lowest BCUT2D eigenvalue weighted by atomic mass is 10.0. The van der Waals surface area contributed by atoms with E-state index in [-0.39, 0.29) is 16.9 Å². The topological polar surface area (TPSA) is 44.1 Å². The molecule has 4 aromatic carbocycles. The number of hydrogen-bond acceptors (Lipinski definition) is 3. The summed E-state index contributed by atoms with van der Waals surface area (Å²) in [6.07, 6.45) is 4.86. The van der Waals surface area contributed by atoms with E-state index in [4.69, 9.17) is 4.74 Å². The minimum Gasteiger partial charge on any atom is -0.420 e. The number of hydrogen-bond donors (Lipinski definition) is 0. The van der Waals surface area contributed by atoms with Crippen molar-refractivity contribution in [2.75, 3.05) is 0 Å². The van der Waals surface area contributed by atoms with Gasteiger partial charge >= 0.3 is 5.97 Å². The van der Waals surface area contributed by atoms with Crippen LogP contribution in [-0.4, -0.2) is 15.5 Å². The lowest BCUT2D eigenvalue weighted by molar-refractivity contribution is -0.128. The summed E-state index contributed by atoms with van der Waals surface area (Å²) in [7, 11) is 0. The summed E-state index contributed by atoms with van der Waals surface area (Å²) < 4.78 is 36.0. The molecule has 0 amide bonds. The number of esters is 1. The van der Waals surface area contributed by atoms with Gasteiger partial charge in [-0.3, -0.25) is 0 Å². The third-order valence-electron chi connectivity index (χ3n) is 5.66. The molecule has 5 aromatic rings. The van der Waals surface area contributed by atoms with Crippen LogP contribution in [0.2, 0.25) is 0 Å². The maximum Gasteiger partial charge on any atom is 0.344 e. The summed E-state index contributed by atoms with van der Waals surface area (Å²) in [6.45, 7) is 0.486. The number of ether oxygens (including phenoxy) is 1. The second-order valence-electron chi connectivity index (χ2n) is 7.91. The van der Waals surface area contributed by atoms with Crippen LogP contribution in [0.25, 0.3) is 22.4 Å². The fourth-order valence-corrected chi connectivity index (χ4v) is 3.95. The van der Waals surface area contributed by atoms with Crippen LogP contribution < -0.4 is 4.74 Å². The van der Waals surface area contributed by atoms with Gasteiger partial charge in [0.15, 0.2) is 11.6 Å². The van der Waals surface area contributed by atoms with Crippen molar-refractivity contribution in [2.24, 2.45) is 0 Å². The Labute approximate surface area is 200 Å². The molecule has 4 nitrogen and oxygen atoms in total. The number of carbonyl (C=O) groups is 1. The number of fused-ring (bicyclic) bond motifs is 1. The standard InChI is InChI=1S/C29H20F2N2O2/c30-25-13-4-3-12-23(25)24(29(34)35-27-15-6-5-14-26(27)31)18-28-32-16-17-33(28)19-21-10-7-9-20-8-1-2-11-22(20)21/h1-18H,19H2/b24-18+. The van der Waals surface area contributed by atoms with Gasteiger partial charge in [-0.2, -0.15) is 0 Å². The highest BCUT2D eigenvalue weighted by Gasteiger charge is 2.20. The van der Waals surface area contributed by atoms with E-state index in [2.05, 4.69) is 4.98 Å². The molecule has 6 heteroatoms. The largest absolute Gasteiger partial charge is 0.420 e. The predicted octanol–water partition coefficient (Wildman–Crippen LogP) is 6.51. The lowest BCUT2D eigenvalue weighted by Crippen LogP contribution is -2.13. The Morgan fingerprint density at radius 2 is 1.57 bits per heavy atom. The molecule has 0 N–H and O–H groups in total. The van der Waals surface area contributed by atoms with Crippen LogP contribution in [0.1, 0.15) is 17.0 Å². The van der Waals surface area contributed by atoms with Crippen LogP contribution in [0, 0.1) is 11.6 Å². The SMILES string of the molecule is O=C(Oc1ccccc1F)/C(=C/c1nccn1Cc1cccc2ccccc12)c1ccccc1F. The smallest absolute Gasteiger partial charge is 0.344 e. The molecule has 0 fully saturated rings. The fraction of sp³-hybridized carbons (Fsp3) is 0.0345. The zero-order chi connectivity index (χ0) is 24.2. The van der Waals surface area contributed by atoms with Crippen molar-refractivity contribution >= 4 is 28.4 Å². The Bertz CT molecular complexity index is 1550. The summed E-state index contributed by atoms with van der Waals surface area (Å²) in [5.41, 5.74) is 1.03. The van der Waals surface area contributed by atoms with Crippen LogP contribution in [0.15, 0.2) is 103 Å². The van der Waals surface area contributed by atoms with Crippen LogP contribution in [0.4, 0.5) is 8.78 Å². The van der Waals surface area contributed by atoms with E-state index in [1.807, 2.05) is 47.0 Å². The lowest BCUT2D eigenvalue weighted by Gasteiger charge is -2.12. The Kier molecular flexibility index (Phi) is 6.18. The Morgan fingerprint density at radius 1 is 0.857 bits per heavy atom. The van der Waals surface area contributed by atoms with Gasteiger partial charge in [0.05, 0.1) is 5.57 Å². The monoisotopic (exact) mass is 466 g/mol. The first-order chi connectivity index (χ1) is 17.1. The number of carbonyl (C=O) groups excluding carboxylic acids is 1. The molecule has 0 unspecified atom stereocenters. The van der Waals surface area contributed by atoms with Crippen LogP contribution >= 0.6 is 0 Å². The van der Waals surface area contributed by atoms with E-state index in [1.165, 1.54) is 42.5 Å². The summed E-state index contributed by atoms with van der Waals surface area (Å²) >= 11 is 0. The molecule has 0 aliphatic carbocycles. The third-order valence-corrected chi connectivity index (χ3v) is 5.66. The first-order valence-electron chi connectivity index (χ1n) is 11.0. The summed E-state index contributed by atoms with van der Waals surface area (Å²) in [4.78, 5) is 17.5. The van der Waals surface area contributed by atoms with Crippen LogP contribution in [-0.2, 0) is 11.3 Å². The predicted molar refractivity (Wildman–Crippen MR) is 132 cm³/mol. The average molecular weight is 466 g/mol. The quantitative estimate of drug-likeness (QED) is 0.163. The molecule has 0 aliphatic heterocycles. The van der Waals surface area contributed by atoms with Gasteiger partial charge in [-0.05, 0) is 40.6 Å². The molecule has 0 bridgehead atoms. The van der Waals surface area contributed by atoms with Crippen molar-refractivity contribution in [3.8, 4) is 5.75 Å². The van der Waals surface area contributed by atoms with Gasteiger partial charge in [0.1, 0.15) is 11.6 Å². The number of rotatable bonds is 6. The van der Waals surface area contributed by atoms with Gasteiger partial charge in [-0.15, -0.1) is 0 Å². The molecule has 0 aliphatic rings. The summed E-state index contributed by atoms with van der Waals surface area (Å²) in [5.74, 6) is -1.98. The van der Waals surface area contributed by atoms with E-state index >= 15 is 0 Å². The van der Waals surface area contributed by atoms with Gasteiger partial charge in [0.25, 0.3) is 0 Å². The van der Waals surface area contributed by atoms with E-state index < -0.39 is 17.6 Å². The Balaban J connectivity index is 1.55. The van der Waals surface area contributed by atoms with E-state index in [1.54, 1.807) is 24.5 Å².